The molecule has 9 heavy (non-hydrogen) atoms. The molecule has 1 N–H and O–H groups in total. The molecular weight excluding hydrogens is 118 g/mol. The van der Waals surface area contributed by atoms with Gasteiger partial charge in [0.1, 0.15) is 6.07 Å². The first-order valence-corrected chi connectivity index (χ1v) is 2.19. The van der Waals surface area contributed by atoms with Crippen molar-refractivity contribution in [3.8, 4) is 18.4 Å². The van der Waals surface area contributed by atoms with E-state index in [-0.39, 0.29) is 0 Å². The van der Waals surface area contributed by atoms with Crippen LogP contribution in [-0.2, 0) is 4.79 Å². The summed E-state index contributed by atoms with van der Waals surface area (Å²) >= 11 is 0. The molecule has 0 aliphatic heterocycles. The lowest BCUT2D eigenvalue weighted by molar-refractivity contribution is -0.126. The predicted octanol–water partition coefficient (Wildman–Crippen LogP) is -0.537. The van der Waals surface area contributed by atoms with Crippen molar-refractivity contribution < 1.29 is 9.90 Å². The van der Waals surface area contributed by atoms with Gasteiger partial charge >= 0.3 is 0 Å². The second-order valence-corrected chi connectivity index (χ2v) is 1.52. The Balaban J connectivity index is 4.60. The largest absolute Gasteiger partial charge is 0.360 e. The first kappa shape index (κ1) is 7.68. The van der Waals surface area contributed by atoms with Gasteiger partial charge in [-0.05, 0) is 12.8 Å². The number of aliphatic hydroxyl groups is 1. The van der Waals surface area contributed by atoms with E-state index in [1.807, 2.05) is 0 Å². The Hall–Kier alpha value is -1.32. The van der Waals surface area contributed by atoms with Gasteiger partial charge in [0.05, 0.1) is 0 Å². The highest BCUT2D eigenvalue weighted by Gasteiger charge is 2.29. The fourth-order valence-corrected chi connectivity index (χ4v) is 0.213. The molecule has 3 nitrogen and oxygen atoms in total. The van der Waals surface area contributed by atoms with Crippen molar-refractivity contribution in [2.75, 3.05) is 0 Å². The molecule has 0 aliphatic rings. The molecule has 0 rings (SSSR count). The molecule has 0 amide bonds. The van der Waals surface area contributed by atoms with Gasteiger partial charge in [-0.15, -0.1) is 6.42 Å². The maximum atomic E-state index is 10.3. The third-order valence-corrected chi connectivity index (χ3v) is 0.880. The van der Waals surface area contributed by atoms with Crippen LogP contribution in [0.5, 0.6) is 0 Å². The third kappa shape index (κ3) is 1.28. The smallest absolute Gasteiger partial charge is 0.272 e. The number of nitriles is 1. The molecule has 0 aromatic rings. The number of nitrogens with zero attached hydrogens (tertiary/aromatic N) is 1. The van der Waals surface area contributed by atoms with Gasteiger partial charge in [-0.3, -0.25) is 4.79 Å². The zero-order valence-corrected chi connectivity index (χ0v) is 4.88. The molecule has 0 spiro atoms. The van der Waals surface area contributed by atoms with Crippen LogP contribution in [0.4, 0.5) is 0 Å². The minimum absolute atomic E-state index is 0.729. The van der Waals surface area contributed by atoms with E-state index in [4.69, 9.17) is 10.4 Å². The van der Waals surface area contributed by atoms with E-state index >= 15 is 0 Å². The maximum absolute atomic E-state index is 10.3. The summed E-state index contributed by atoms with van der Waals surface area (Å²) in [5.41, 5.74) is -2.22. The van der Waals surface area contributed by atoms with E-state index in [9.17, 15) is 4.79 Å². The molecule has 0 bridgehead atoms. The van der Waals surface area contributed by atoms with Crippen LogP contribution in [0.15, 0.2) is 0 Å². The van der Waals surface area contributed by atoms with Crippen LogP contribution in [0.1, 0.15) is 6.92 Å². The Kier molecular flexibility index (Phi) is 1.96. The summed E-state index contributed by atoms with van der Waals surface area (Å²) in [6.07, 6.45) is 4.68. The van der Waals surface area contributed by atoms with Gasteiger partial charge in [0.25, 0.3) is 5.60 Å². The molecule has 1 atom stereocenters. The fraction of sp³-hybridized carbons (Fsp3) is 0.333. The topological polar surface area (TPSA) is 61.1 Å². The van der Waals surface area contributed by atoms with Gasteiger partial charge in [0, 0.05) is 0 Å². The number of ketones is 1. The first-order chi connectivity index (χ1) is 4.06. The minimum atomic E-state index is -2.22. The molecule has 0 saturated carbocycles. The van der Waals surface area contributed by atoms with Gasteiger partial charge in [-0.1, -0.05) is 0 Å². The van der Waals surface area contributed by atoms with Crippen LogP contribution in [0.3, 0.4) is 0 Å². The van der Waals surface area contributed by atoms with Crippen LogP contribution in [-0.4, -0.2) is 16.5 Å². The van der Waals surface area contributed by atoms with Crippen molar-refractivity contribution >= 4 is 5.78 Å². The number of terminal acetylenes is 1. The monoisotopic (exact) mass is 123 g/mol. The van der Waals surface area contributed by atoms with Crippen molar-refractivity contribution in [1.82, 2.24) is 0 Å². The molecule has 0 heterocycles. The van der Waals surface area contributed by atoms with E-state index in [1.54, 1.807) is 5.92 Å². The lowest BCUT2D eigenvalue weighted by Gasteiger charge is -2.05. The van der Waals surface area contributed by atoms with E-state index < -0.39 is 11.4 Å². The van der Waals surface area contributed by atoms with Crippen LogP contribution >= 0.6 is 0 Å². The number of carbonyl (C=O) groups is 1. The Labute approximate surface area is 52.9 Å². The van der Waals surface area contributed by atoms with E-state index in [0.717, 1.165) is 6.92 Å². The molecule has 0 radical (unpaired) electrons. The summed E-state index contributed by atoms with van der Waals surface area (Å²) in [6.45, 7) is 1.06. The van der Waals surface area contributed by atoms with Gasteiger partial charge in [0.15, 0.2) is 5.78 Å². The molecular formula is C6H5NO2. The first-order valence-electron chi connectivity index (χ1n) is 2.19. The molecule has 0 aromatic heterocycles. The van der Waals surface area contributed by atoms with Crippen LogP contribution in [0.2, 0.25) is 0 Å². The van der Waals surface area contributed by atoms with Crippen LogP contribution in [0.25, 0.3) is 0 Å². The zero-order chi connectivity index (χ0) is 7.49. The highest BCUT2D eigenvalue weighted by atomic mass is 16.3. The summed E-state index contributed by atoms with van der Waals surface area (Å²) < 4.78 is 0. The Morgan fingerprint density at radius 2 is 2.33 bits per heavy atom. The van der Waals surface area contributed by atoms with Gasteiger partial charge in [-0.25, -0.2) is 0 Å². The lowest BCUT2D eigenvalue weighted by atomic mass is 10.0. The van der Waals surface area contributed by atoms with E-state index in [2.05, 4.69) is 6.42 Å². The molecule has 0 aliphatic carbocycles. The van der Waals surface area contributed by atoms with Crippen molar-refractivity contribution in [3.63, 3.8) is 0 Å². The summed E-state index contributed by atoms with van der Waals surface area (Å²) in [7, 11) is 0. The number of carbonyl (C=O) groups excluding carboxylic acids is 1. The molecule has 1 unspecified atom stereocenters. The van der Waals surface area contributed by atoms with Crippen molar-refractivity contribution in [2.24, 2.45) is 0 Å². The number of hydrogen-bond donors (Lipinski definition) is 1. The summed E-state index contributed by atoms with van der Waals surface area (Å²) in [4.78, 5) is 10.3. The highest BCUT2D eigenvalue weighted by molar-refractivity contribution is 5.91. The van der Waals surface area contributed by atoms with Crippen molar-refractivity contribution in [1.29, 1.82) is 5.26 Å². The predicted molar refractivity (Wildman–Crippen MR) is 30.1 cm³/mol. The Bertz CT molecular complexity index is 192. The average Bonchev–Trinajstić information content (AvgIpc) is 1.86. The normalized spacial score (nSPS) is 14.7. The maximum Gasteiger partial charge on any atom is 0.272 e. The Morgan fingerprint density at radius 3 is 2.33 bits per heavy atom. The quantitative estimate of drug-likeness (QED) is 0.376. The highest BCUT2D eigenvalue weighted by Crippen LogP contribution is 2.00. The van der Waals surface area contributed by atoms with Gasteiger partial charge in [-0.2, -0.15) is 5.26 Å². The standard InChI is InChI=1S/C6H5NO2/c1-3-6(9,4-7)5(2)8/h1,9H,2H3. The molecule has 0 fully saturated rings. The zero-order valence-electron chi connectivity index (χ0n) is 4.88. The molecule has 0 saturated heterocycles. The van der Waals surface area contributed by atoms with Crippen molar-refractivity contribution in [3.05, 3.63) is 0 Å². The second kappa shape index (κ2) is 2.30. The van der Waals surface area contributed by atoms with Crippen molar-refractivity contribution in [2.45, 2.75) is 12.5 Å². The van der Waals surface area contributed by atoms with Crippen LogP contribution < -0.4 is 0 Å². The Morgan fingerprint density at radius 1 is 1.89 bits per heavy atom. The third-order valence-electron chi connectivity index (χ3n) is 0.880. The van der Waals surface area contributed by atoms with Gasteiger partial charge < -0.3 is 5.11 Å². The minimum Gasteiger partial charge on any atom is -0.360 e. The van der Waals surface area contributed by atoms with Crippen LogP contribution in [0, 0.1) is 23.7 Å². The number of Topliss-reactive ketones (excluding diaryl/α,β-unsaturated/α-hetero) is 1. The summed E-state index contributed by atoms with van der Waals surface area (Å²) in [5.74, 6) is 0.943. The van der Waals surface area contributed by atoms with Gasteiger partial charge in [0.2, 0.25) is 0 Å². The molecule has 46 valence electrons. The fourth-order valence-electron chi connectivity index (χ4n) is 0.213. The summed E-state index contributed by atoms with van der Waals surface area (Å²) in [5, 5.41) is 16.9. The lowest BCUT2D eigenvalue weighted by Crippen LogP contribution is -2.32. The molecule has 0 aromatic carbocycles. The molecule has 3 heteroatoms. The number of hydrogen-bond acceptors (Lipinski definition) is 3. The van der Waals surface area contributed by atoms with E-state index in [0.29, 0.717) is 0 Å². The number of rotatable bonds is 1. The second-order valence-electron chi connectivity index (χ2n) is 1.52. The summed E-state index contributed by atoms with van der Waals surface area (Å²) in [6, 6.07) is 1.30. The SMILES string of the molecule is C#CC(O)(C#N)C(C)=O. The van der Waals surface area contributed by atoms with E-state index in [1.165, 1.54) is 6.07 Å². The average molecular weight is 123 g/mol.